The lowest BCUT2D eigenvalue weighted by molar-refractivity contribution is -0.569. The molecule has 1 rings (SSSR count). The van der Waals surface area contributed by atoms with Crippen molar-refractivity contribution in [1.29, 1.82) is 0 Å². The second-order valence-electron chi connectivity index (χ2n) is 3.94. The Morgan fingerprint density at radius 3 is 2.43 bits per heavy atom. The number of nitro groups is 1. The summed E-state index contributed by atoms with van der Waals surface area (Å²) in [4.78, 5) is 20.9. The Kier molecular flexibility index (Phi) is 3.43. The first kappa shape index (κ1) is 10.9. The fourth-order valence-corrected chi connectivity index (χ4v) is 2.13. The summed E-state index contributed by atoms with van der Waals surface area (Å²) in [5.74, 6) is -0.874. The van der Waals surface area contributed by atoms with Gasteiger partial charge in [-0.05, 0) is 19.3 Å². The molecule has 0 heterocycles. The van der Waals surface area contributed by atoms with E-state index in [1.165, 1.54) is 0 Å². The maximum Gasteiger partial charge on any atom is 0.303 e. The first-order valence-corrected chi connectivity index (χ1v) is 4.93. The highest BCUT2D eigenvalue weighted by atomic mass is 16.6. The molecule has 80 valence electrons. The second-order valence-corrected chi connectivity index (χ2v) is 3.94. The Morgan fingerprint density at radius 2 is 2.00 bits per heavy atom. The highest BCUT2D eigenvalue weighted by Crippen LogP contribution is 2.36. The molecule has 1 aliphatic carbocycles. The van der Waals surface area contributed by atoms with Crippen LogP contribution in [0.25, 0.3) is 0 Å². The number of hydrogen-bond donors (Lipinski definition) is 1. The third kappa shape index (κ3) is 2.43. The van der Waals surface area contributed by atoms with Crippen molar-refractivity contribution in [2.75, 3.05) is 0 Å². The summed E-state index contributed by atoms with van der Waals surface area (Å²) in [6.07, 6.45) is 3.87. The highest BCUT2D eigenvalue weighted by Gasteiger charge is 2.44. The van der Waals surface area contributed by atoms with Crippen LogP contribution in [0.15, 0.2) is 0 Å². The summed E-state index contributed by atoms with van der Waals surface area (Å²) in [6, 6.07) is 0. The molecule has 1 fully saturated rings. The maximum atomic E-state index is 10.9. The number of carbonyl (C=O) groups is 1. The van der Waals surface area contributed by atoms with Gasteiger partial charge in [0.2, 0.25) is 5.54 Å². The summed E-state index contributed by atoms with van der Waals surface area (Å²) in [5, 5.41) is 19.3. The highest BCUT2D eigenvalue weighted by molar-refractivity contribution is 5.66. The van der Waals surface area contributed by atoms with E-state index in [0.717, 1.165) is 12.8 Å². The predicted octanol–water partition coefficient (Wildman–Crippen LogP) is 1.83. The predicted molar refractivity (Wildman–Crippen MR) is 49.7 cm³/mol. The van der Waals surface area contributed by atoms with Crippen molar-refractivity contribution < 1.29 is 14.8 Å². The number of carboxylic acid groups (broad SMARTS) is 1. The van der Waals surface area contributed by atoms with Crippen molar-refractivity contribution in [2.24, 2.45) is 0 Å². The number of nitrogens with zero attached hydrogens (tertiary/aromatic N) is 1. The van der Waals surface area contributed by atoms with E-state index < -0.39 is 11.5 Å². The lowest BCUT2D eigenvalue weighted by Crippen LogP contribution is -2.35. The van der Waals surface area contributed by atoms with E-state index in [4.69, 9.17) is 5.11 Å². The Balaban J connectivity index is 2.44. The van der Waals surface area contributed by atoms with Gasteiger partial charge in [0.05, 0.1) is 0 Å². The molecule has 5 nitrogen and oxygen atoms in total. The van der Waals surface area contributed by atoms with Crippen molar-refractivity contribution in [2.45, 2.75) is 50.5 Å². The van der Waals surface area contributed by atoms with Gasteiger partial charge in [-0.1, -0.05) is 0 Å². The minimum atomic E-state index is -0.874. The third-order valence-electron chi connectivity index (χ3n) is 2.95. The molecule has 0 bridgehead atoms. The van der Waals surface area contributed by atoms with Gasteiger partial charge in [-0.15, -0.1) is 0 Å². The van der Waals surface area contributed by atoms with Gasteiger partial charge >= 0.3 is 5.97 Å². The normalized spacial score (nSPS) is 19.4. The Morgan fingerprint density at radius 1 is 1.43 bits per heavy atom. The molecular weight excluding hydrogens is 186 g/mol. The van der Waals surface area contributed by atoms with E-state index in [-0.39, 0.29) is 11.3 Å². The van der Waals surface area contributed by atoms with Crippen LogP contribution < -0.4 is 0 Å². The van der Waals surface area contributed by atoms with Crippen LogP contribution >= 0.6 is 0 Å². The molecule has 1 aliphatic rings. The van der Waals surface area contributed by atoms with Gasteiger partial charge in [0, 0.05) is 30.6 Å². The van der Waals surface area contributed by atoms with E-state index in [0.29, 0.717) is 25.7 Å². The van der Waals surface area contributed by atoms with Crippen LogP contribution in [-0.4, -0.2) is 21.5 Å². The Bertz CT molecular complexity index is 233. The zero-order valence-corrected chi connectivity index (χ0v) is 8.07. The smallest absolute Gasteiger partial charge is 0.303 e. The molecule has 0 radical (unpaired) electrons. The Labute approximate surface area is 82.3 Å². The lowest BCUT2D eigenvalue weighted by atomic mass is 9.92. The van der Waals surface area contributed by atoms with Crippen LogP contribution in [0.2, 0.25) is 0 Å². The van der Waals surface area contributed by atoms with Gasteiger partial charge in [0.15, 0.2) is 0 Å². The summed E-state index contributed by atoms with van der Waals surface area (Å²) in [7, 11) is 0. The van der Waals surface area contributed by atoms with Crippen molar-refractivity contribution in [3.8, 4) is 0 Å². The largest absolute Gasteiger partial charge is 0.481 e. The van der Waals surface area contributed by atoms with E-state index >= 15 is 0 Å². The van der Waals surface area contributed by atoms with Gasteiger partial charge in [-0.2, -0.15) is 0 Å². The van der Waals surface area contributed by atoms with Gasteiger partial charge in [0.25, 0.3) is 0 Å². The SMILES string of the molecule is O=C(O)CCCC1([N+](=O)[O-])CCCC1. The van der Waals surface area contributed by atoms with Gasteiger partial charge < -0.3 is 5.11 Å². The van der Waals surface area contributed by atoms with Gasteiger partial charge in [-0.25, -0.2) is 0 Å². The van der Waals surface area contributed by atoms with Crippen molar-refractivity contribution in [3.63, 3.8) is 0 Å². The van der Waals surface area contributed by atoms with E-state index in [9.17, 15) is 14.9 Å². The van der Waals surface area contributed by atoms with Crippen LogP contribution in [0, 0.1) is 10.1 Å². The first-order chi connectivity index (χ1) is 6.57. The lowest BCUT2D eigenvalue weighted by Gasteiger charge is -2.18. The number of aliphatic carboxylic acids is 1. The van der Waals surface area contributed by atoms with Crippen LogP contribution in [0.5, 0.6) is 0 Å². The molecule has 1 saturated carbocycles. The van der Waals surface area contributed by atoms with E-state index in [1.54, 1.807) is 0 Å². The van der Waals surface area contributed by atoms with E-state index in [2.05, 4.69) is 0 Å². The summed E-state index contributed by atoms with van der Waals surface area (Å²) < 4.78 is 0. The molecule has 0 spiro atoms. The molecule has 0 amide bonds. The minimum Gasteiger partial charge on any atom is -0.481 e. The van der Waals surface area contributed by atoms with Crippen LogP contribution in [0.4, 0.5) is 0 Å². The fraction of sp³-hybridized carbons (Fsp3) is 0.889. The number of carboxylic acids is 1. The van der Waals surface area contributed by atoms with Crippen LogP contribution in [-0.2, 0) is 4.79 Å². The average molecular weight is 201 g/mol. The average Bonchev–Trinajstić information content (AvgIpc) is 2.53. The molecule has 5 heteroatoms. The first-order valence-electron chi connectivity index (χ1n) is 4.93. The monoisotopic (exact) mass is 201 g/mol. The molecule has 0 aromatic heterocycles. The number of rotatable bonds is 5. The zero-order valence-electron chi connectivity index (χ0n) is 8.07. The van der Waals surface area contributed by atoms with Crippen LogP contribution in [0.3, 0.4) is 0 Å². The standard InChI is InChI=1S/C9H15NO4/c11-8(12)4-3-7-9(10(13)14)5-1-2-6-9/h1-7H2,(H,11,12). The van der Waals surface area contributed by atoms with Crippen molar-refractivity contribution in [1.82, 2.24) is 0 Å². The maximum absolute atomic E-state index is 10.9. The minimum absolute atomic E-state index is 0.0373. The molecule has 0 aliphatic heterocycles. The molecule has 0 aromatic carbocycles. The van der Waals surface area contributed by atoms with Gasteiger partial charge in [-0.3, -0.25) is 14.9 Å². The van der Waals surface area contributed by atoms with Crippen molar-refractivity contribution in [3.05, 3.63) is 10.1 Å². The van der Waals surface area contributed by atoms with Crippen molar-refractivity contribution >= 4 is 5.97 Å². The molecule has 14 heavy (non-hydrogen) atoms. The topological polar surface area (TPSA) is 80.4 Å². The quantitative estimate of drug-likeness (QED) is 0.543. The molecule has 0 unspecified atom stereocenters. The van der Waals surface area contributed by atoms with Gasteiger partial charge in [0.1, 0.15) is 0 Å². The molecular formula is C9H15NO4. The zero-order chi connectivity index (χ0) is 10.6. The molecule has 0 aromatic rings. The molecule has 1 N–H and O–H groups in total. The summed E-state index contributed by atoms with van der Waals surface area (Å²) in [6.45, 7) is 0. The fourth-order valence-electron chi connectivity index (χ4n) is 2.13. The molecule has 0 atom stereocenters. The summed E-state index contributed by atoms with van der Waals surface area (Å²) in [5.41, 5.74) is -0.810. The number of hydrogen-bond acceptors (Lipinski definition) is 3. The molecule has 0 saturated heterocycles. The van der Waals surface area contributed by atoms with Crippen LogP contribution in [0.1, 0.15) is 44.9 Å². The second kappa shape index (κ2) is 4.39. The Hall–Kier alpha value is -1.13. The third-order valence-corrected chi connectivity index (χ3v) is 2.95. The van der Waals surface area contributed by atoms with E-state index in [1.807, 2.05) is 0 Å². The summed E-state index contributed by atoms with van der Waals surface area (Å²) >= 11 is 0.